The fraction of sp³-hybridized carbons (Fsp3) is 0.167. The van der Waals surface area contributed by atoms with Gasteiger partial charge in [0.25, 0.3) is 0 Å². The summed E-state index contributed by atoms with van der Waals surface area (Å²) in [5.41, 5.74) is 10.6. The first-order chi connectivity index (χ1) is 12.0. The molecule has 2 amide bonds. The maximum atomic E-state index is 11.3. The number of carbonyl (C=O) groups is 2. The molecule has 3 aromatic rings. The van der Waals surface area contributed by atoms with Crippen LogP contribution in [0.2, 0.25) is 0 Å². The lowest BCUT2D eigenvalue weighted by atomic mass is 10.1. The fourth-order valence-corrected chi connectivity index (χ4v) is 2.85. The SMILES string of the molecule is Cc1cccc(NC(N)=O)c1CNc1cccn2c(C=O)c(C)nc12. The van der Waals surface area contributed by atoms with Gasteiger partial charge >= 0.3 is 6.03 Å². The highest BCUT2D eigenvalue weighted by Gasteiger charge is 2.12. The molecular formula is C18H19N5O2. The Labute approximate surface area is 144 Å². The lowest BCUT2D eigenvalue weighted by Crippen LogP contribution is -2.21. The van der Waals surface area contributed by atoms with Gasteiger partial charge in [0.1, 0.15) is 5.69 Å². The first-order valence-corrected chi connectivity index (χ1v) is 7.83. The molecule has 2 heterocycles. The van der Waals surface area contributed by atoms with Gasteiger partial charge in [0.2, 0.25) is 0 Å². The minimum absolute atomic E-state index is 0.476. The van der Waals surface area contributed by atoms with E-state index >= 15 is 0 Å². The predicted octanol–water partition coefficient (Wildman–Crippen LogP) is 2.87. The molecule has 0 aliphatic heterocycles. The van der Waals surface area contributed by atoms with Crippen molar-refractivity contribution in [1.82, 2.24) is 9.38 Å². The number of aldehydes is 1. The van der Waals surface area contributed by atoms with Crippen molar-refractivity contribution in [3.05, 3.63) is 59.0 Å². The first kappa shape index (κ1) is 16.5. The average Bonchev–Trinajstić information content (AvgIpc) is 2.89. The van der Waals surface area contributed by atoms with Gasteiger partial charge in [-0.15, -0.1) is 0 Å². The third-order valence-corrected chi connectivity index (χ3v) is 4.11. The molecule has 0 saturated heterocycles. The van der Waals surface area contributed by atoms with E-state index in [0.717, 1.165) is 23.1 Å². The van der Waals surface area contributed by atoms with Crippen molar-refractivity contribution in [3.63, 3.8) is 0 Å². The number of fused-ring (bicyclic) bond motifs is 1. The third kappa shape index (κ3) is 3.16. The fourth-order valence-electron chi connectivity index (χ4n) is 2.85. The Bertz CT molecular complexity index is 961. The number of urea groups is 1. The van der Waals surface area contributed by atoms with Crippen LogP contribution in [-0.2, 0) is 6.54 Å². The highest BCUT2D eigenvalue weighted by molar-refractivity contribution is 5.89. The Morgan fingerprint density at radius 1 is 1.24 bits per heavy atom. The van der Waals surface area contributed by atoms with E-state index in [1.165, 1.54) is 0 Å². The van der Waals surface area contributed by atoms with E-state index in [2.05, 4.69) is 15.6 Å². The summed E-state index contributed by atoms with van der Waals surface area (Å²) in [5, 5.41) is 5.97. The predicted molar refractivity (Wildman–Crippen MR) is 97.0 cm³/mol. The summed E-state index contributed by atoms with van der Waals surface area (Å²) in [5.74, 6) is 0. The molecule has 4 N–H and O–H groups in total. The number of pyridine rings is 1. The van der Waals surface area contributed by atoms with Crippen LogP contribution in [0, 0.1) is 13.8 Å². The maximum Gasteiger partial charge on any atom is 0.316 e. The number of primary amides is 1. The molecule has 1 aromatic carbocycles. The van der Waals surface area contributed by atoms with E-state index in [-0.39, 0.29) is 0 Å². The lowest BCUT2D eigenvalue weighted by Gasteiger charge is -2.14. The number of nitrogens with two attached hydrogens (primary N) is 1. The van der Waals surface area contributed by atoms with Crippen LogP contribution in [0.25, 0.3) is 5.65 Å². The number of benzene rings is 1. The van der Waals surface area contributed by atoms with Crippen molar-refractivity contribution in [3.8, 4) is 0 Å². The molecule has 0 radical (unpaired) electrons. The standard InChI is InChI=1S/C18H19N5O2/c1-11-5-3-6-14(22-18(19)25)13(11)9-20-15-7-4-8-23-16(10-24)12(2)21-17(15)23/h3-8,10,20H,9H2,1-2H3,(H3,19,22,25). The summed E-state index contributed by atoms with van der Waals surface area (Å²) in [6.45, 7) is 4.25. The van der Waals surface area contributed by atoms with E-state index < -0.39 is 6.03 Å². The lowest BCUT2D eigenvalue weighted by molar-refractivity contribution is 0.111. The number of amides is 2. The largest absolute Gasteiger partial charge is 0.378 e. The molecule has 0 bridgehead atoms. The van der Waals surface area contributed by atoms with Crippen LogP contribution < -0.4 is 16.4 Å². The highest BCUT2D eigenvalue weighted by atomic mass is 16.2. The summed E-state index contributed by atoms with van der Waals surface area (Å²) in [6.07, 6.45) is 2.60. The van der Waals surface area contributed by atoms with Gasteiger partial charge in [0, 0.05) is 18.4 Å². The number of carbonyl (C=O) groups excluding carboxylic acids is 2. The number of aromatic nitrogens is 2. The van der Waals surface area contributed by atoms with E-state index in [4.69, 9.17) is 5.73 Å². The molecule has 2 aromatic heterocycles. The van der Waals surface area contributed by atoms with Gasteiger partial charge in [-0.2, -0.15) is 0 Å². The Kier molecular flexibility index (Phi) is 4.38. The zero-order valence-electron chi connectivity index (χ0n) is 14.0. The molecule has 3 rings (SSSR count). The molecule has 7 heteroatoms. The van der Waals surface area contributed by atoms with Crippen LogP contribution in [0.4, 0.5) is 16.2 Å². The summed E-state index contributed by atoms with van der Waals surface area (Å²) in [6, 6.07) is 8.78. The quantitative estimate of drug-likeness (QED) is 0.623. The topological polar surface area (TPSA) is 102 Å². The molecular weight excluding hydrogens is 318 g/mol. The van der Waals surface area contributed by atoms with Crippen molar-refractivity contribution >= 4 is 29.3 Å². The minimum Gasteiger partial charge on any atom is -0.378 e. The molecule has 0 unspecified atom stereocenters. The highest BCUT2D eigenvalue weighted by Crippen LogP contribution is 2.23. The van der Waals surface area contributed by atoms with Crippen molar-refractivity contribution < 1.29 is 9.59 Å². The Balaban J connectivity index is 1.94. The normalized spacial score (nSPS) is 10.6. The van der Waals surface area contributed by atoms with Crippen LogP contribution in [0.3, 0.4) is 0 Å². The molecule has 25 heavy (non-hydrogen) atoms. The molecule has 0 spiro atoms. The summed E-state index contributed by atoms with van der Waals surface area (Å²) < 4.78 is 1.76. The number of nitrogens with one attached hydrogen (secondary N) is 2. The Morgan fingerprint density at radius 2 is 2.00 bits per heavy atom. The summed E-state index contributed by atoms with van der Waals surface area (Å²) in [4.78, 5) is 26.9. The van der Waals surface area contributed by atoms with Crippen molar-refractivity contribution in [2.75, 3.05) is 10.6 Å². The van der Waals surface area contributed by atoms with Crippen LogP contribution in [0.1, 0.15) is 27.3 Å². The summed E-state index contributed by atoms with van der Waals surface area (Å²) in [7, 11) is 0. The number of imidazole rings is 1. The second-order valence-corrected chi connectivity index (χ2v) is 5.76. The molecule has 0 aliphatic rings. The first-order valence-electron chi connectivity index (χ1n) is 7.83. The number of aryl methyl sites for hydroxylation is 2. The van der Waals surface area contributed by atoms with Gasteiger partial charge in [0.15, 0.2) is 11.9 Å². The second kappa shape index (κ2) is 6.64. The van der Waals surface area contributed by atoms with E-state index in [9.17, 15) is 9.59 Å². The third-order valence-electron chi connectivity index (χ3n) is 4.11. The van der Waals surface area contributed by atoms with Crippen LogP contribution in [0.15, 0.2) is 36.5 Å². The van der Waals surface area contributed by atoms with E-state index in [1.807, 2.05) is 31.2 Å². The van der Waals surface area contributed by atoms with Gasteiger partial charge in [-0.25, -0.2) is 9.78 Å². The van der Waals surface area contributed by atoms with Crippen LogP contribution in [0.5, 0.6) is 0 Å². The van der Waals surface area contributed by atoms with Gasteiger partial charge < -0.3 is 16.4 Å². The Hall–Kier alpha value is -3.35. The van der Waals surface area contributed by atoms with Gasteiger partial charge in [-0.1, -0.05) is 12.1 Å². The molecule has 0 fully saturated rings. The molecule has 128 valence electrons. The van der Waals surface area contributed by atoms with Gasteiger partial charge in [-0.3, -0.25) is 9.20 Å². The van der Waals surface area contributed by atoms with E-state index in [1.54, 1.807) is 23.6 Å². The minimum atomic E-state index is -0.603. The number of rotatable bonds is 5. The Morgan fingerprint density at radius 3 is 2.72 bits per heavy atom. The number of nitrogens with zero attached hydrogens (tertiary/aromatic N) is 2. The zero-order chi connectivity index (χ0) is 18.0. The number of hydrogen-bond acceptors (Lipinski definition) is 4. The van der Waals surface area contributed by atoms with Crippen LogP contribution in [-0.4, -0.2) is 21.7 Å². The van der Waals surface area contributed by atoms with Gasteiger partial charge in [0.05, 0.1) is 11.4 Å². The average molecular weight is 337 g/mol. The molecule has 0 aliphatic carbocycles. The smallest absolute Gasteiger partial charge is 0.316 e. The molecule has 0 saturated carbocycles. The van der Waals surface area contributed by atoms with Gasteiger partial charge in [-0.05, 0) is 43.2 Å². The monoisotopic (exact) mass is 337 g/mol. The zero-order valence-corrected chi connectivity index (χ0v) is 14.0. The maximum absolute atomic E-state index is 11.3. The molecule has 0 atom stereocenters. The summed E-state index contributed by atoms with van der Waals surface area (Å²) >= 11 is 0. The number of hydrogen-bond donors (Lipinski definition) is 3. The van der Waals surface area contributed by atoms with Crippen molar-refractivity contribution in [1.29, 1.82) is 0 Å². The second-order valence-electron chi connectivity index (χ2n) is 5.76. The van der Waals surface area contributed by atoms with E-state index in [0.29, 0.717) is 29.3 Å². The van der Waals surface area contributed by atoms with Crippen molar-refractivity contribution in [2.24, 2.45) is 5.73 Å². The van der Waals surface area contributed by atoms with Crippen LogP contribution >= 0.6 is 0 Å². The van der Waals surface area contributed by atoms with Crippen molar-refractivity contribution in [2.45, 2.75) is 20.4 Å². The molecule has 7 nitrogen and oxygen atoms in total. The number of anilines is 2.